The highest BCUT2D eigenvalue weighted by molar-refractivity contribution is 5.92. The van der Waals surface area contributed by atoms with Gasteiger partial charge in [-0.15, -0.1) is 0 Å². The third-order valence-electron chi connectivity index (χ3n) is 8.53. The third-order valence-corrected chi connectivity index (χ3v) is 8.53. The van der Waals surface area contributed by atoms with Gasteiger partial charge in [0.1, 0.15) is 6.61 Å². The number of aliphatic hydroxyl groups excluding tert-OH is 1. The molecule has 2 aliphatic carbocycles. The maximum absolute atomic E-state index is 12.3. The van der Waals surface area contributed by atoms with E-state index in [1.807, 2.05) is 13.0 Å². The Hall–Kier alpha value is -1.93. The van der Waals surface area contributed by atoms with E-state index in [0.717, 1.165) is 19.3 Å². The Labute approximate surface area is 188 Å². The zero-order valence-electron chi connectivity index (χ0n) is 19.3. The molecule has 4 aliphatic rings. The molecule has 7 atom stereocenters. The molecule has 2 aliphatic heterocycles. The van der Waals surface area contributed by atoms with Crippen LogP contribution in [-0.2, 0) is 33.3 Å². The Morgan fingerprint density at radius 3 is 2.53 bits per heavy atom. The normalized spacial score (nSPS) is 44.2. The molecule has 1 spiro atoms. The minimum absolute atomic E-state index is 0.0447. The van der Waals surface area contributed by atoms with Crippen LogP contribution in [0.3, 0.4) is 0 Å². The molecule has 4 fully saturated rings. The number of aliphatic hydroxyl groups is 1. The van der Waals surface area contributed by atoms with Crippen molar-refractivity contribution >= 4 is 17.9 Å². The molecule has 8 nitrogen and oxygen atoms in total. The number of epoxide rings is 1. The fourth-order valence-corrected chi connectivity index (χ4v) is 6.77. The summed E-state index contributed by atoms with van der Waals surface area (Å²) in [5.74, 6) is -0.986. The van der Waals surface area contributed by atoms with Gasteiger partial charge in [0.05, 0.1) is 30.5 Å². The molecular weight excluding hydrogens is 416 g/mol. The second-order valence-electron chi connectivity index (χ2n) is 10.4. The number of carbonyl (C=O) groups excluding carboxylic acids is 3. The molecule has 8 heteroatoms. The molecule has 2 heterocycles. The van der Waals surface area contributed by atoms with Crippen molar-refractivity contribution in [2.75, 3.05) is 19.8 Å². The first kappa shape index (κ1) is 23.2. The van der Waals surface area contributed by atoms with Crippen LogP contribution in [0.5, 0.6) is 0 Å². The number of rotatable bonds is 5. The zero-order valence-corrected chi connectivity index (χ0v) is 19.3. The number of fused-ring (bicyclic) bond motifs is 1. The SMILES string of the molecule is CC(=O)OC[C@@]1(C)C2CC[C@]3(CO3)[C@H](C/C=C3/C(=O)OC[C@H]3OC(C)=O)[C@@]2(C)CC[C@H]1O. The number of ether oxygens (including phenoxy) is 4. The molecule has 0 radical (unpaired) electrons. The molecule has 0 aromatic rings. The summed E-state index contributed by atoms with van der Waals surface area (Å²) in [5, 5.41) is 10.9. The third kappa shape index (κ3) is 3.85. The van der Waals surface area contributed by atoms with E-state index in [9.17, 15) is 19.5 Å². The molecule has 0 aromatic carbocycles. The molecule has 2 saturated carbocycles. The van der Waals surface area contributed by atoms with Crippen molar-refractivity contribution in [2.24, 2.45) is 22.7 Å². The average Bonchev–Trinajstić information content (AvgIpc) is 3.41. The molecule has 1 N–H and O–H groups in total. The highest BCUT2D eigenvalue weighted by atomic mass is 16.6. The Morgan fingerprint density at radius 2 is 1.91 bits per heavy atom. The number of hydrogen-bond donors (Lipinski definition) is 1. The predicted octanol–water partition coefficient (Wildman–Crippen LogP) is 2.32. The van der Waals surface area contributed by atoms with Crippen LogP contribution in [-0.4, -0.2) is 60.6 Å². The number of allylic oxidation sites excluding steroid dienone is 1. The largest absolute Gasteiger partial charge is 0.465 e. The van der Waals surface area contributed by atoms with Gasteiger partial charge in [0.15, 0.2) is 6.10 Å². The van der Waals surface area contributed by atoms with Crippen molar-refractivity contribution in [3.05, 3.63) is 11.6 Å². The molecule has 0 bridgehead atoms. The fourth-order valence-electron chi connectivity index (χ4n) is 6.77. The first-order chi connectivity index (χ1) is 15.0. The quantitative estimate of drug-likeness (QED) is 0.294. The fraction of sp³-hybridized carbons (Fsp3) is 0.792. The van der Waals surface area contributed by atoms with Gasteiger partial charge in [-0.1, -0.05) is 19.9 Å². The van der Waals surface area contributed by atoms with Crippen LogP contribution in [0.25, 0.3) is 0 Å². The molecule has 0 aromatic heterocycles. The van der Waals surface area contributed by atoms with Gasteiger partial charge in [-0.25, -0.2) is 4.79 Å². The lowest BCUT2D eigenvalue weighted by Crippen LogP contribution is -2.60. The van der Waals surface area contributed by atoms with Gasteiger partial charge in [-0.2, -0.15) is 0 Å². The average molecular weight is 451 g/mol. The summed E-state index contributed by atoms with van der Waals surface area (Å²) in [6.07, 6.45) is 4.42. The first-order valence-corrected chi connectivity index (χ1v) is 11.5. The van der Waals surface area contributed by atoms with E-state index in [1.165, 1.54) is 13.8 Å². The van der Waals surface area contributed by atoms with E-state index >= 15 is 0 Å². The zero-order chi connectivity index (χ0) is 23.3. The van der Waals surface area contributed by atoms with Crippen molar-refractivity contribution in [1.82, 2.24) is 0 Å². The summed E-state index contributed by atoms with van der Waals surface area (Å²) < 4.78 is 21.8. The van der Waals surface area contributed by atoms with Gasteiger partial charge in [-0.3, -0.25) is 9.59 Å². The van der Waals surface area contributed by atoms with E-state index < -0.39 is 29.6 Å². The van der Waals surface area contributed by atoms with Crippen molar-refractivity contribution in [3.63, 3.8) is 0 Å². The monoisotopic (exact) mass is 450 g/mol. The maximum atomic E-state index is 12.3. The molecule has 1 unspecified atom stereocenters. The van der Waals surface area contributed by atoms with Crippen LogP contribution in [0.1, 0.15) is 59.8 Å². The van der Waals surface area contributed by atoms with Gasteiger partial charge in [0, 0.05) is 19.3 Å². The molecule has 178 valence electrons. The van der Waals surface area contributed by atoms with Gasteiger partial charge >= 0.3 is 17.9 Å². The maximum Gasteiger partial charge on any atom is 0.337 e. The predicted molar refractivity (Wildman–Crippen MR) is 112 cm³/mol. The summed E-state index contributed by atoms with van der Waals surface area (Å²) in [7, 11) is 0. The van der Waals surface area contributed by atoms with Crippen LogP contribution in [0.2, 0.25) is 0 Å². The van der Waals surface area contributed by atoms with E-state index in [2.05, 4.69) is 6.92 Å². The number of hydrogen-bond acceptors (Lipinski definition) is 8. The van der Waals surface area contributed by atoms with Gasteiger partial charge in [0.2, 0.25) is 0 Å². The number of esters is 3. The summed E-state index contributed by atoms with van der Waals surface area (Å²) in [6, 6.07) is 0. The van der Waals surface area contributed by atoms with Crippen molar-refractivity contribution < 1.29 is 38.4 Å². The van der Waals surface area contributed by atoms with Crippen LogP contribution < -0.4 is 0 Å². The first-order valence-electron chi connectivity index (χ1n) is 11.5. The standard InChI is InChI=1S/C24H34O8/c1-14(25)30-12-23(4)18-7-10-24(13-31-24)19(22(18,3)9-8-20(23)27)6-5-16-17(32-15(2)26)11-29-21(16)28/h5,17-20,27H,6-13H2,1-4H3/b16-5+/t17-,18?,19-,20-,22+,23+,24+/m1/s1. The lowest BCUT2D eigenvalue weighted by molar-refractivity contribution is -0.187. The minimum atomic E-state index is -0.675. The van der Waals surface area contributed by atoms with Crippen LogP contribution in [0.4, 0.5) is 0 Å². The lowest BCUT2D eigenvalue weighted by atomic mass is 9.45. The minimum Gasteiger partial charge on any atom is -0.465 e. The summed E-state index contributed by atoms with van der Waals surface area (Å²) in [6.45, 7) is 7.89. The van der Waals surface area contributed by atoms with Crippen molar-refractivity contribution in [1.29, 1.82) is 0 Å². The topological polar surface area (TPSA) is 112 Å². The lowest BCUT2D eigenvalue weighted by Gasteiger charge is -2.60. The van der Waals surface area contributed by atoms with E-state index in [1.54, 1.807) is 0 Å². The Morgan fingerprint density at radius 1 is 1.19 bits per heavy atom. The van der Waals surface area contributed by atoms with E-state index in [4.69, 9.17) is 18.9 Å². The van der Waals surface area contributed by atoms with E-state index in [0.29, 0.717) is 25.0 Å². The van der Waals surface area contributed by atoms with Gasteiger partial charge in [0.25, 0.3) is 0 Å². The van der Waals surface area contributed by atoms with Crippen LogP contribution >= 0.6 is 0 Å². The molecule has 4 rings (SSSR count). The summed E-state index contributed by atoms with van der Waals surface area (Å²) in [4.78, 5) is 35.2. The Balaban J connectivity index is 1.62. The van der Waals surface area contributed by atoms with Crippen LogP contribution in [0.15, 0.2) is 11.6 Å². The number of carbonyl (C=O) groups is 3. The molecule has 2 saturated heterocycles. The van der Waals surface area contributed by atoms with Crippen molar-refractivity contribution in [3.8, 4) is 0 Å². The van der Waals surface area contributed by atoms with Crippen LogP contribution in [0, 0.1) is 22.7 Å². The van der Waals surface area contributed by atoms with E-state index in [-0.39, 0.29) is 42.0 Å². The summed E-state index contributed by atoms with van der Waals surface area (Å²) >= 11 is 0. The van der Waals surface area contributed by atoms with Crippen molar-refractivity contribution in [2.45, 2.75) is 77.6 Å². The molecular formula is C24H34O8. The smallest absolute Gasteiger partial charge is 0.337 e. The molecule has 32 heavy (non-hydrogen) atoms. The summed E-state index contributed by atoms with van der Waals surface area (Å²) in [5.41, 5.74) is -0.556. The Bertz CT molecular complexity index is 830. The number of cyclic esters (lactones) is 1. The Kier molecular flexibility index (Phi) is 5.91. The van der Waals surface area contributed by atoms with Gasteiger partial charge < -0.3 is 24.1 Å². The second-order valence-corrected chi connectivity index (χ2v) is 10.4. The second kappa shape index (κ2) is 8.13. The molecule has 0 amide bonds. The van der Waals surface area contributed by atoms with Gasteiger partial charge in [-0.05, 0) is 49.4 Å². The highest BCUT2D eigenvalue weighted by Gasteiger charge is 2.67. The highest BCUT2D eigenvalue weighted by Crippen LogP contribution is 2.66.